The number of amides is 1. The molecule has 0 saturated heterocycles. The number of hydroxylamine groups is 2. The van der Waals surface area contributed by atoms with E-state index in [0.717, 1.165) is 5.56 Å². The molecule has 2 aromatic carbocycles. The van der Waals surface area contributed by atoms with Crippen molar-refractivity contribution in [2.24, 2.45) is 7.05 Å². The van der Waals surface area contributed by atoms with E-state index in [1.165, 1.54) is 12.3 Å². The molecule has 1 fully saturated rings. The highest BCUT2D eigenvalue weighted by molar-refractivity contribution is 6.30. The lowest BCUT2D eigenvalue weighted by atomic mass is 9.84. The van der Waals surface area contributed by atoms with Crippen molar-refractivity contribution in [2.75, 3.05) is 6.61 Å². The summed E-state index contributed by atoms with van der Waals surface area (Å²) in [4.78, 5) is 28.1. The van der Waals surface area contributed by atoms with Crippen LogP contribution in [-0.2, 0) is 30.5 Å². The van der Waals surface area contributed by atoms with Crippen molar-refractivity contribution in [1.29, 1.82) is 0 Å². The van der Waals surface area contributed by atoms with Gasteiger partial charge in [-0.15, -0.1) is 0 Å². The maximum absolute atomic E-state index is 17.9. The number of aromatic nitrogens is 3. The first-order valence-electron chi connectivity index (χ1n) is 13.1. The lowest BCUT2D eigenvalue weighted by Crippen LogP contribution is -2.51. The van der Waals surface area contributed by atoms with Crippen LogP contribution < -0.4 is 0 Å². The van der Waals surface area contributed by atoms with Crippen LogP contribution in [0.3, 0.4) is 0 Å². The van der Waals surface area contributed by atoms with Gasteiger partial charge in [0.15, 0.2) is 0 Å². The van der Waals surface area contributed by atoms with Gasteiger partial charge in [-0.25, -0.2) is 9.37 Å². The molecule has 1 unspecified atom stereocenters. The molecular formula is C30H27Cl2FN4O4. The number of aryl methyl sites for hydroxylation is 1. The summed E-state index contributed by atoms with van der Waals surface area (Å²) in [6, 6.07) is 13.8. The van der Waals surface area contributed by atoms with Gasteiger partial charge in [0.05, 0.1) is 16.2 Å². The van der Waals surface area contributed by atoms with E-state index in [2.05, 4.69) is 9.97 Å². The number of rotatable bonds is 9. The van der Waals surface area contributed by atoms with Crippen molar-refractivity contribution in [3.8, 4) is 11.1 Å². The summed E-state index contributed by atoms with van der Waals surface area (Å²) in [5.41, 5.74) is 1.31. The Morgan fingerprint density at radius 1 is 1.05 bits per heavy atom. The molecule has 2 atom stereocenters. The SMILES string of the molecule is Cn1ccnc1CC(O)[C@]1(F)c2c(ccc(-c3ccc(Cl)cc3)c2Cc2ccc(Cl)cn2)C(=O)N1OCC1(O)CC1. The predicted octanol–water partition coefficient (Wildman–Crippen LogP) is 5.02. The number of hydrogen-bond acceptors (Lipinski definition) is 6. The van der Waals surface area contributed by atoms with Crippen molar-refractivity contribution in [3.63, 3.8) is 0 Å². The van der Waals surface area contributed by atoms with Gasteiger partial charge in [-0.2, -0.15) is 5.06 Å². The van der Waals surface area contributed by atoms with Gasteiger partial charge >= 0.3 is 0 Å². The molecule has 8 nitrogen and oxygen atoms in total. The minimum atomic E-state index is -2.81. The number of aliphatic hydroxyl groups excluding tert-OH is 1. The summed E-state index contributed by atoms with van der Waals surface area (Å²) >= 11 is 12.2. The van der Waals surface area contributed by atoms with Crippen LogP contribution in [0.1, 0.15) is 45.8 Å². The quantitative estimate of drug-likeness (QED) is 0.263. The zero-order chi connectivity index (χ0) is 28.9. The first kappa shape index (κ1) is 27.8. The van der Waals surface area contributed by atoms with Crippen LogP contribution >= 0.6 is 23.2 Å². The molecule has 0 radical (unpaired) electrons. The fourth-order valence-electron chi connectivity index (χ4n) is 5.19. The molecule has 1 amide bonds. The van der Waals surface area contributed by atoms with Crippen LogP contribution in [0, 0.1) is 0 Å². The van der Waals surface area contributed by atoms with Crippen LogP contribution in [0.25, 0.3) is 11.1 Å². The highest BCUT2D eigenvalue weighted by atomic mass is 35.5. The van der Waals surface area contributed by atoms with Gasteiger partial charge in [0, 0.05) is 54.8 Å². The minimum absolute atomic E-state index is 0.0174. The first-order chi connectivity index (χ1) is 19.6. The second-order valence-electron chi connectivity index (χ2n) is 10.6. The van der Waals surface area contributed by atoms with Crippen molar-refractivity contribution in [3.05, 3.63) is 105 Å². The van der Waals surface area contributed by atoms with E-state index in [9.17, 15) is 15.0 Å². The molecule has 1 aliphatic carbocycles. The fraction of sp³-hybridized carbons (Fsp3) is 0.300. The Labute approximate surface area is 245 Å². The maximum atomic E-state index is 17.9. The zero-order valence-electron chi connectivity index (χ0n) is 22.1. The van der Waals surface area contributed by atoms with Gasteiger partial charge in [-0.3, -0.25) is 14.6 Å². The number of carbonyl (C=O) groups excluding carboxylic acids is 1. The second-order valence-corrected chi connectivity index (χ2v) is 11.5. The Balaban J connectivity index is 1.53. The predicted molar refractivity (Wildman–Crippen MR) is 151 cm³/mol. The van der Waals surface area contributed by atoms with E-state index in [-0.39, 0.29) is 30.6 Å². The molecule has 41 heavy (non-hydrogen) atoms. The normalized spacial score (nSPS) is 19.9. The average Bonchev–Trinajstić information content (AvgIpc) is 3.48. The fourth-order valence-corrected chi connectivity index (χ4v) is 5.43. The Morgan fingerprint density at radius 3 is 2.39 bits per heavy atom. The number of alkyl halides is 1. The minimum Gasteiger partial charge on any atom is -0.387 e. The lowest BCUT2D eigenvalue weighted by Gasteiger charge is -2.36. The van der Waals surface area contributed by atoms with E-state index < -0.39 is 23.4 Å². The number of halogens is 3. The van der Waals surface area contributed by atoms with Gasteiger partial charge < -0.3 is 14.8 Å². The van der Waals surface area contributed by atoms with Gasteiger partial charge in [0.1, 0.15) is 18.5 Å². The van der Waals surface area contributed by atoms with Crippen molar-refractivity contribution in [2.45, 2.75) is 43.2 Å². The molecule has 2 aliphatic rings. The number of hydrogen-bond donors (Lipinski definition) is 2. The summed E-state index contributed by atoms with van der Waals surface area (Å²) in [5.74, 6) is -3.14. The molecule has 4 aromatic rings. The molecule has 212 valence electrons. The largest absolute Gasteiger partial charge is 0.387 e. The average molecular weight is 597 g/mol. The van der Waals surface area contributed by atoms with E-state index >= 15 is 4.39 Å². The molecule has 2 aromatic heterocycles. The summed E-state index contributed by atoms with van der Waals surface area (Å²) in [7, 11) is 1.74. The van der Waals surface area contributed by atoms with E-state index in [1.807, 2.05) is 0 Å². The topological polar surface area (TPSA) is 101 Å². The zero-order valence-corrected chi connectivity index (χ0v) is 23.6. The van der Waals surface area contributed by atoms with Crippen LogP contribution in [0.2, 0.25) is 10.0 Å². The number of pyridine rings is 1. The molecule has 3 heterocycles. The molecule has 1 saturated carbocycles. The standard InChI is InChI=1S/C30H27Cl2FN4O4/c1-36-13-12-34-26(36)15-25(38)30(33)27-23(28(39)37(30)41-17-29(40)10-11-29)9-8-22(18-2-4-19(31)5-3-18)24(27)14-21-7-6-20(32)16-35-21/h2-9,12-13,16,25,38,40H,10-11,14-15,17H2,1H3/t25?,30-/m1/s1. The molecule has 0 bridgehead atoms. The van der Waals surface area contributed by atoms with Crippen molar-refractivity contribution < 1.29 is 24.2 Å². The van der Waals surface area contributed by atoms with Gasteiger partial charge in [-0.05, 0) is 59.9 Å². The van der Waals surface area contributed by atoms with Crippen molar-refractivity contribution >= 4 is 29.1 Å². The Morgan fingerprint density at radius 2 is 1.76 bits per heavy atom. The second kappa shape index (κ2) is 10.5. The number of nitrogens with zero attached hydrogens (tertiary/aromatic N) is 4. The van der Waals surface area contributed by atoms with E-state index in [0.29, 0.717) is 50.6 Å². The van der Waals surface area contributed by atoms with Crippen LogP contribution in [0.15, 0.2) is 67.1 Å². The van der Waals surface area contributed by atoms with E-state index in [1.54, 1.807) is 66.5 Å². The van der Waals surface area contributed by atoms with Gasteiger partial charge in [0.25, 0.3) is 11.7 Å². The third-order valence-corrected chi connectivity index (χ3v) is 8.18. The van der Waals surface area contributed by atoms with Gasteiger partial charge in [0.2, 0.25) is 0 Å². The third kappa shape index (κ3) is 5.13. The Kier molecular flexibility index (Phi) is 7.12. The monoisotopic (exact) mass is 596 g/mol. The highest BCUT2D eigenvalue weighted by Crippen LogP contribution is 2.49. The maximum Gasteiger partial charge on any atom is 0.281 e. The highest BCUT2D eigenvalue weighted by Gasteiger charge is 2.59. The molecule has 6 rings (SSSR count). The van der Waals surface area contributed by atoms with E-state index in [4.69, 9.17) is 28.0 Å². The number of imidazole rings is 1. The van der Waals surface area contributed by atoms with Crippen LogP contribution in [0.4, 0.5) is 4.39 Å². The van der Waals surface area contributed by atoms with Crippen molar-refractivity contribution in [1.82, 2.24) is 19.6 Å². The molecule has 2 N–H and O–H groups in total. The van der Waals surface area contributed by atoms with Crippen LogP contribution in [-0.4, -0.2) is 54.0 Å². The Hall–Kier alpha value is -3.34. The van der Waals surface area contributed by atoms with Crippen LogP contribution in [0.5, 0.6) is 0 Å². The number of fused-ring (bicyclic) bond motifs is 1. The molecule has 11 heteroatoms. The summed E-state index contributed by atoms with van der Waals surface area (Å²) < 4.78 is 19.5. The number of carbonyl (C=O) groups is 1. The molecule has 1 aliphatic heterocycles. The number of benzene rings is 2. The summed E-state index contributed by atoms with van der Waals surface area (Å²) in [6.45, 7) is -0.286. The third-order valence-electron chi connectivity index (χ3n) is 7.70. The Bertz CT molecular complexity index is 1610. The molecular weight excluding hydrogens is 570 g/mol. The lowest BCUT2D eigenvalue weighted by molar-refractivity contribution is -0.269. The summed E-state index contributed by atoms with van der Waals surface area (Å²) in [5, 5.41) is 23.6. The molecule has 0 spiro atoms. The smallest absolute Gasteiger partial charge is 0.281 e. The number of aliphatic hydroxyl groups is 2. The first-order valence-corrected chi connectivity index (χ1v) is 13.9. The summed E-state index contributed by atoms with van der Waals surface area (Å²) in [6.07, 6.45) is 3.85. The van der Waals surface area contributed by atoms with Gasteiger partial charge in [-0.1, -0.05) is 41.4 Å².